The highest BCUT2D eigenvalue weighted by Gasteiger charge is 2.27. The molecule has 0 amide bonds. The van der Waals surface area contributed by atoms with Crippen molar-refractivity contribution in [1.82, 2.24) is 0 Å². The lowest BCUT2D eigenvalue weighted by Gasteiger charge is -2.25. The summed E-state index contributed by atoms with van der Waals surface area (Å²) in [6, 6.07) is 8.78. The van der Waals surface area contributed by atoms with Gasteiger partial charge in [0.1, 0.15) is 23.8 Å². The lowest BCUT2D eigenvalue weighted by molar-refractivity contribution is 0.0168. The van der Waals surface area contributed by atoms with E-state index in [4.69, 9.17) is 0 Å². The van der Waals surface area contributed by atoms with Crippen molar-refractivity contribution < 1.29 is 19.0 Å². The van der Waals surface area contributed by atoms with Gasteiger partial charge in [-0.1, -0.05) is 50.0 Å². The fraction of sp³-hybridized carbons (Fsp3) is 0.467. The van der Waals surface area contributed by atoms with Crippen LogP contribution in [0.2, 0.25) is 0 Å². The summed E-state index contributed by atoms with van der Waals surface area (Å²) in [4.78, 5) is 0. The van der Waals surface area contributed by atoms with E-state index >= 15 is 0 Å². The number of aliphatic hydroxyl groups is 2. The fourth-order valence-electron chi connectivity index (χ4n) is 5.34. The maximum Gasteiger partial charge on any atom is 0.123 e. The van der Waals surface area contributed by atoms with Crippen LogP contribution < -0.4 is 0 Å². The van der Waals surface area contributed by atoms with Gasteiger partial charge in [0.15, 0.2) is 0 Å². The van der Waals surface area contributed by atoms with Crippen molar-refractivity contribution in [2.24, 2.45) is 0 Å². The summed E-state index contributed by atoms with van der Waals surface area (Å²) < 4.78 is 28.5. The zero-order valence-corrected chi connectivity index (χ0v) is 19.9. The van der Waals surface area contributed by atoms with Gasteiger partial charge in [-0.3, -0.25) is 0 Å². The van der Waals surface area contributed by atoms with Crippen molar-refractivity contribution >= 4 is 11.1 Å². The molecule has 2 aromatic carbocycles. The van der Waals surface area contributed by atoms with E-state index in [9.17, 15) is 19.0 Å². The number of halogens is 2. The van der Waals surface area contributed by atoms with Crippen molar-refractivity contribution in [3.63, 3.8) is 0 Å². The first-order valence-corrected chi connectivity index (χ1v) is 12.9. The van der Waals surface area contributed by atoms with Gasteiger partial charge in [0.2, 0.25) is 0 Å². The highest BCUT2D eigenvalue weighted by molar-refractivity contribution is 5.71. The van der Waals surface area contributed by atoms with Gasteiger partial charge in [0.05, 0.1) is 0 Å². The molecule has 2 aliphatic rings. The standard InChI is InChI=1S/C30H36F2O2/c31-23-15-17-25(27(19-23)21-11-7-3-1-4-8-12-21)29(33)30(34)26-18-16-24(32)20-28(26)22-13-9-5-2-6-10-14-22/h11,13,15-20,29-30,33-34H,1-10,12,14H2/b21-11+,22-13+/t29-,30-/m1/s1. The Hall–Kier alpha value is -2.30. The molecule has 0 aromatic heterocycles. The van der Waals surface area contributed by atoms with Crippen LogP contribution in [0.3, 0.4) is 0 Å². The predicted molar refractivity (Wildman–Crippen MR) is 134 cm³/mol. The largest absolute Gasteiger partial charge is 0.385 e. The van der Waals surface area contributed by atoms with Crippen molar-refractivity contribution in [3.05, 3.63) is 82.4 Å². The normalized spacial score (nSPS) is 22.7. The Bertz CT molecular complexity index is 957. The topological polar surface area (TPSA) is 40.5 Å². The maximum atomic E-state index is 14.3. The van der Waals surface area contributed by atoms with Crippen LogP contribution in [-0.2, 0) is 0 Å². The molecule has 34 heavy (non-hydrogen) atoms. The first-order chi connectivity index (χ1) is 16.5. The number of hydrogen-bond acceptors (Lipinski definition) is 2. The van der Waals surface area contributed by atoms with Crippen LogP contribution in [0, 0.1) is 11.6 Å². The zero-order chi connectivity index (χ0) is 23.9. The molecule has 182 valence electrons. The van der Waals surface area contributed by atoms with Gasteiger partial charge < -0.3 is 10.2 Å². The minimum absolute atomic E-state index is 0.356. The highest BCUT2D eigenvalue weighted by Crippen LogP contribution is 2.39. The summed E-state index contributed by atoms with van der Waals surface area (Å²) >= 11 is 0. The molecule has 0 spiro atoms. The lowest BCUT2D eigenvalue weighted by atomic mass is 9.85. The maximum absolute atomic E-state index is 14.3. The van der Waals surface area contributed by atoms with Crippen LogP contribution in [0.4, 0.5) is 8.78 Å². The van der Waals surface area contributed by atoms with E-state index in [0.29, 0.717) is 22.3 Å². The van der Waals surface area contributed by atoms with Gasteiger partial charge in [-0.05, 0) is 109 Å². The number of rotatable bonds is 5. The van der Waals surface area contributed by atoms with Gasteiger partial charge in [-0.2, -0.15) is 0 Å². The molecule has 2 aromatic rings. The van der Waals surface area contributed by atoms with E-state index in [-0.39, 0.29) is 11.6 Å². The van der Waals surface area contributed by atoms with Crippen LogP contribution in [0.1, 0.15) is 112 Å². The minimum Gasteiger partial charge on any atom is -0.385 e. The van der Waals surface area contributed by atoms with E-state index in [2.05, 4.69) is 12.2 Å². The van der Waals surface area contributed by atoms with Crippen molar-refractivity contribution in [3.8, 4) is 0 Å². The number of aliphatic hydroxyl groups excluding tert-OH is 2. The third kappa shape index (κ3) is 6.03. The predicted octanol–water partition coefficient (Wildman–Crippen LogP) is 8.21. The first kappa shape index (κ1) is 24.8. The Morgan fingerprint density at radius 1 is 0.559 bits per heavy atom. The molecule has 0 saturated heterocycles. The average molecular weight is 467 g/mol. The molecule has 2 aliphatic carbocycles. The summed E-state index contributed by atoms with van der Waals surface area (Å²) in [5.74, 6) is -0.712. The SMILES string of the molecule is O[C@H](c1ccc(F)cc1/C1=C/CCCCCC1)[C@H](O)c1ccc(F)cc1/C1=C/CCCCCC1. The fourth-order valence-corrected chi connectivity index (χ4v) is 5.34. The number of allylic oxidation sites excluding steroid dienone is 4. The monoisotopic (exact) mass is 466 g/mol. The van der Waals surface area contributed by atoms with Crippen LogP contribution in [0.25, 0.3) is 11.1 Å². The molecule has 0 radical (unpaired) electrons. The summed E-state index contributed by atoms with van der Waals surface area (Å²) in [7, 11) is 0. The van der Waals surface area contributed by atoms with Gasteiger partial charge in [-0.25, -0.2) is 8.78 Å². The third-order valence-electron chi connectivity index (χ3n) is 7.24. The van der Waals surface area contributed by atoms with Gasteiger partial charge in [0, 0.05) is 0 Å². The molecule has 0 heterocycles. The molecular weight excluding hydrogens is 430 g/mol. The van der Waals surface area contributed by atoms with E-state index < -0.39 is 12.2 Å². The smallest absolute Gasteiger partial charge is 0.123 e. The van der Waals surface area contributed by atoms with Crippen molar-refractivity contribution in [1.29, 1.82) is 0 Å². The van der Waals surface area contributed by atoms with Crippen LogP contribution >= 0.6 is 0 Å². The molecule has 0 bridgehead atoms. The van der Waals surface area contributed by atoms with E-state index in [1.165, 1.54) is 37.1 Å². The second-order valence-corrected chi connectivity index (χ2v) is 9.72. The van der Waals surface area contributed by atoms with E-state index in [1.54, 1.807) is 12.1 Å². The lowest BCUT2D eigenvalue weighted by Crippen LogP contribution is -2.15. The summed E-state index contributed by atoms with van der Waals surface area (Å²) in [5.41, 5.74) is 4.43. The second kappa shape index (κ2) is 11.9. The number of hydrogen-bond donors (Lipinski definition) is 2. The molecule has 0 saturated carbocycles. The Morgan fingerprint density at radius 2 is 0.971 bits per heavy atom. The Balaban J connectivity index is 1.70. The first-order valence-electron chi connectivity index (χ1n) is 12.9. The van der Waals surface area contributed by atoms with Gasteiger partial charge in [-0.15, -0.1) is 0 Å². The van der Waals surface area contributed by atoms with E-state index in [0.717, 1.165) is 75.4 Å². The molecule has 4 heteroatoms. The Kier molecular flexibility index (Phi) is 8.69. The molecule has 0 fully saturated rings. The van der Waals surface area contributed by atoms with Crippen molar-refractivity contribution in [2.45, 2.75) is 89.3 Å². The molecule has 2 nitrogen and oxygen atoms in total. The Labute approximate surface area is 202 Å². The molecule has 0 aliphatic heterocycles. The van der Waals surface area contributed by atoms with Crippen LogP contribution in [0.15, 0.2) is 48.6 Å². The molecule has 4 rings (SSSR count). The average Bonchev–Trinajstić information content (AvgIpc) is 2.78. The molecule has 2 N–H and O–H groups in total. The third-order valence-corrected chi connectivity index (χ3v) is 7.24. The second-order valence-electron chi connectivity index (χ2n) is 9.72. The van der Waals surface area contributed by atoms with E-state index in [1.807, 2.05) is 0 Å². The zero-order valence-electron chi connectivity index (χ0n) is 19.9. The highest BCUT2D eigenvalue weighted by atomic mass is 19.1. The van der Waals surface area contributed by atoms with Crippen LogP contribution in [0.5, 0.6) is 0 Å². The molecular formula is C30H36F2O2. The molecule has 2 atom stereocenters. The number of benzene rings is 2. The quantitative estimate of drug-likeness (QED) is 0.466. The summed E-state index contributed by atoms with van der Waals surface area (Å²) in [6.45, 7) is 0. The van der Waals surface area contributed by atoms with Gasteiger partial charge >= 0.3 is 0 Å². The minimum atomic E-state index is -1.25. The Morgan fingerprint density at radius 3 is 1.41 bits per heavy atom. The van der Waals surface area contributed by atoms with Crippen molar-refractivity contribution in [2.75, 3.05) is 0 Å². The van der Waals surface area contributed by atoms with Gasteiger partial charge in [0.25, 0.3) is 0 Å². The molecule has 0 unspecified atom stereocenters. The summed E-state index contributed by atoms with van der Waals surface area (Å²) in [6.07, 6.45) is 14.3. The summed E-state index contributed by atoms with van der Waals surface area (Å²) in [5, 5.41) is 22.7. The van der Waals surface area contributed by atoms with Crippen LogP contribution in [-0.4, -0.2) is 10.2 Å².